The molecular formula is C16H28N4O3. The molecule has 1 fully saturated rings. The van der Waals surface area contributed by atoms with Crippen molar-refractivity contribution in [3.05, 3.63) is 11.7 Å². The highest BCUT2D eigenvalue weighted by Crippen LogP contribution is 2.38. The second kappa shape index (κ2) is 6.86. The number of aliphatic hydroxyl groups excluding tert-OH is 1. The van der Waals surface area contributed by atoms with Crippen LogP contribution >= 0.6 is 0 Å². The maximum absolute atomic E-state index is 12.1. The molecular weight excluding hydrogens is 296 g/mol. The maximum Gasteiger partial charge on any atom is 0.315 e. The number of carbonyl (C=O) groups excluding carboxylic acids is 1. The van der Waals surface area contributed by atoms with Gasteiger partial charge in [0, 0.05) is 12.5 Å². The SMILES string of the molecule is CC(C)C(NC(=O)NCC(O)C(C)(C)C)c1nc(C2CC2)no1. The summed E-state index contributed by atoms with van der Waals surface area (Å²) in [5.41, 5.74) is -0.281. The molecule has 1 saturated carbocycles. The van der Waals surface area contributed by atoms with Crippen LogP contribution in [0.15, 0.2) is 4.52 Å². The van der Waals surface area contributed by atoms with Gasteiger partial charge in [0.2, 0.25) is 5.89 Å². The van der Waals surface area contributed by atoms with Gasteiger partial charge < -0.3 is 20.3 Å². The third kappa shape index (κ3) is 4.92. The number of aliphatic hydroxyl groups is 1. The molecule has 1 heterocycles. The van der Waals surface area contributed by atoms with E-state index in [0.29, 0.717) is 11.8 Å². The van der Waals surface area contributed by atoms with Crippen LogP contribution in [0.2, 0.25) is 0 Å². The average Bonchev–Trinajstić information content (AvgIpc) is 3.19. The standard InChI is InChI=1S/C16H28N4O3/c1-9(2)12(14-19-13(20-23-14)10-6-7-10)18-15(22)17-8-11(21)16(3,4)5/h9-12,21H,6-8H2,1-5H3,(H2,17,18,22). The van der Waals surface area contributed by atoms with E-state index >= 15 is 0 Å². The van der Waals surface area contributed by atoms with Crippen molar-refractivity contribution >= 4 is 6.03 Å². The molecule has 0 radical (unpaired) electrons. The van der Waals surface area contributed by atoms with Crippen LogP contribution in [0, 0.1) is 11.3 Å². The smallest absolute Gasteiger partial charge is 0.315 e. The fourth-order valence-corrected chi connectivity index (χ4v) is 2.08. The molecule has 1 aromatic rings. The molecule has 2 rings (SSSR count). The fraction of sp³-hybridized carbons (Fsp3) is 0.812. The van der Waals surface area contributed by atoms with Crippen molar-refractivity contribution < 1.29 is 14.4 Å². The molecule has 0 bridgehead atoms. The molecule has 3 N–H and O–H groups in total. The van der Waals surface area contributed by atoms with Gasteiger partial charge in [-0.1, -0.05) is 39.8 Å². The van der Waals surface area contributed by atoms with Gasteiger partial charge in [-0.25, -0.2) is 4.79 Å². The Labute approximate surface area is 137 Å². The summed E-state index contributed by atoms with van der Waals surface area (Å²) in [6.45, 7) is 9.92. The number of aromatic nitrogens is 2. The fourth-order valence-electron chi connectivity index (χ4n) is 2.08. The van der Waals surface area contributed by atoms with Crippen LogP contribution < -0.4 is 10.6 Å². The highest BCUT2D eigenvalue weighted by atomic mass is 16.5. The summed E-state index contributed by atoms with van der Waals surface area (Å²) in [5.74, 6) is 1.70. The molecule has 7 heteroatoms. The molecule has 0 spiro atoms. The molecule has 1 aliphatic rings. The quantitative estimate of drug-likeness (QED) is 0.746. The van der Waals surface area contributed by atoms with Crippen LogP contribution in [0.4, 0.5) is 4.79 Å². The summed E-state index contributed by atoms with van der Waals surface area (Å²) in [6.07, 6.45) is 1.59. The van der Waals surface area contributed by atoms with Crippen LogP contribution in [-0.4, -0.2) is 33.9 Å². The number of urea groups is 1. The Kier molecular flexibility index (Phi) is 5.29. The molecule has 1 aromatic heterocycles. The molecule has 0 aromatic carbocycles. The number of amides is 2. The van der Waals surface area contributed by atoms with E-state index < -0.39 is 6.10 Å². The number of carbonyl (C=O) groups is 1. The Bertz CT molecular complexity index is 532. The van der Waals surface area contributed by atoms with Crippen molar-refractivity contribution in [3.8, 4) is 0 Å². The van der Waals surface area contributed by atoms with Gasteiger partial charge >= 0.3 is 6.03 Å². The van der Waals surface area contributed by atoms with Crippen molar-refractivity contribution in [3.63, 3.8) is 0 Å². The number of hydrogen-bond donors (Lipinski definition) is 3. The van der Waals surface area contributed by atoms with Crippen molar-refractivity contribution in [2.45, 2.75) is 65.5 Å². The summed E-state index contributed by atoms with van der Waals surface area (Å²) in [4.78, 5) is 16.5. The first-order valence-electron chi connectivity index (χ1n) is 8.24. The van der Waals surface area contributed by atoms with E-state index in [0.717, 1.165) is 18.7 Å². The van der Waals surface area contributed by atoms with Crippen molar-refractivity contribution in [1.29, 1.82) is 0 Å². The highest BCUT2D eigenvalue weighted by molar-refractivity contribution is 5.74. The lowest BCUT2D eigenvalue weighted by atomic mass is 9.89. The van der Waals surface area contributed by atoms with Crippen LogP contribution in [0.5, 0.6) is 0 Å². The average molecular weight is 324 g/mol. The zero-order valence-electron chi connectivity index (χ0n) is 14.6. The van der Waals surface area contributed by atoms with Gasteiger partial charge in [0.05, 0.1) is 6.10 Å². The van der Waals surface area contributed by atoms with E-state index in [1.807, 2.05) is 34.6 Å². The Morgan fingerprint density at radius 2 is 2.04 bits per heavy atom. The third-order valence-corrected chi connectivity index (χ3v) is 4.07. The van der Waals surface area contributed by atoms with Gasteiger partial charge in [-0.2, -0.15) is 4.98 Å². The van der Waals surface area contributed by atoms with Gasteiger partial charge in [0.25, 0.3) is 0 Å². The highest BCUT2D eigenvalue weighted by Gasteiger charge is 2.31. The molecule has 2 atom stereocenters. The van der Waals surface area contributed by atoms with E-state index in [4.69, 9.17) is 4.52 Å². The number of hydrogen-bond acceptors (Lipinski definition) is 5. The Hall–Kier alpha value is -1.63. The van der Waals surface area contributed by atoms with Gasteiger partial charge in [-0.05, 0) is 24.2 Å². The zero-order chi connectivity index (χ0) is 17.2. The zero-order valence-corrected chi connectivity index (χ0v) is 14.6. The van der Waals surface area contributed by atoms with Crippen LogP contribution in [0.25, 0.3) is 0 Å². The van der Waals surface area contributed by atoms with Gasteiger partial charge in [0.1, 0.15) is 6.04 Å². The Balaban J connectivity index is 1.92. The minimum Gasteiger partial charge on any atom is -0.391 e. The minimum atomic E-state index is -0.615. The summed E-state index contributed by atoms with van der Waals surface area (Å²) in [5, 5.41) is 19.5. The Morgan fingerprint density at radius 1 is 1.39 bits per heavy atom. The molecule has 1 aliphatic carbocycles. The van der Waals surface area contributed by atoms with Crippen molar-refractivity contribution in [2.75, 3.05) is 6.54 Å². The van der Waals surface area contributed by atoms with Crippen LogP contribution in [0.3, 0.4) is 0 Å². The molecule has 7 nitrogen and oxygen atoms in total. The lowest BCUT2D eigenvalue weighted by molar-refractivity contribution is 0.0647. The Morgan fingerprint density at radius 3 is 2.57 bits per heavy atom. The molecule has 2 amide bonds. The lowest BCUT2D eigenvalue weighted by Crippen LogP contribution is -2.45. The van der Waals surface area contributed by atoms with Gasteiger partial charge in [0.15, 0.2) is 5.82 Å². The molecule has 0 saturated heterocycles. The summed E-state index contributed by atoms with van der Waals surface area (Å²) >= 11 is 0. The predicted octanol–water partition coefficient (Wildman–Crippen LogP) is 2.35. The normalized spacial score (nSPS) is 17.9. The first-order valence-corrected chi connectivity index (χ1v) is 8.24. The van der Waals surface area contributed by atoms with E-state index in [9.17, 15) is 9.90 Å². The van der Waals surface area contributed by atoms with E-state index in [2.05, 4.69) is 20.8 Å². The number of nitrogens with zero attached hydrogens (tertiary/aromatic N) is 2. The van der Waals surface area contributed by atoms with Gasteiger partial charge in [-0.3, -0.25) is 0 Å². The first kappa shape index (κ1) is 17.7. The summed E-state index contributed by atoms with van der Waals surface area (Å²) < 4.78 is 5.32. The number of nitrogens with one attached hydrogen (secondary N) is 2. The maximum atomic E-state index is 12.1. The molecule has 23 heavy (non-hydrogen) atoms. The number of rotatable bonds is 6. The van der Waals surface area contributed by atoms with E-state index in [1.165, 1.54) is 0 Å². The van der Waals surface area contributed by atoms with E-state index in [1.54, 1.807) is 0 Å². The minimum absolute atomic E-state index is 0.112. The van der Waals surface area contributed by atoms with Gasteiger partial charge in [-0.15, -0.1) is 0 Å². The van der Waals surface area contributed by atoms with Crippen LogP contribution in [0.1, 0.15) is 71.1 Å². The monoisotopic (exact) mass is 324 g/mol. The predicted molar refractivity (Wildman–Crippen MR) is 85.8 cm³/mol. The lowest BCUT2D eigenvalue weighted by Gasteiger charge is -2.26. The third-order valence-electron chi connectivity index (χ3n) is 4.07. The second-order valence-corrected chi connectivity index (χ2v) is 7.72. The molecule has 0 aliphatic heterocycles. The topological polar surface area (TPSA) is 100 Å². The molecule has 2 unspecified atom stereocenters. The first-order chi connectivity index (χ1) is 10.7. The van der Waals surface area contributed by atoms with Crippen molar-refractivity contribution in [1.82, 2.24) is 20.8 Å². The summed E-state index contributed by atoms with van der Waals surface area (Å²) in [7, 11) is 0. The largest absolute Gasteiger partial charge is 0.391 e. The summed E-state index contributed by atoms with van der Waals surface area (Å²) in [6, 6.07) is -0.694. The van der Waals surface area contributed by atoms with Crippen LogP contribution in [-0.2, 0) is 0 Å². The van der Waals surface area contributed by atoms with E-state index in [-0.39, 0.29) is 30.0 Å². The molecule has 130 valence electrons. The van der Waals surface area contributed by atoms with Crippen molar-refractivity contribution in [2.24, 2.45) is 11.3 Å². The second-order valence-electron chi connectivity index (χ2n) is 7.72.